The topological polar surface area (TPSA) is 55.8 Å². The smallest absolute Gasteiger partial charge is 0.374 e. The Morgan fingerprint density at radius 3 is 2.53 bits per heavy atom. The number of nitrogens with zero attached hydrogens (tertiary/aromatic N) is 2. The molecule has 2 fully saturated rings. The van der Waals surface area contributed by atoms with Crippen molar-refractivity contribution in [2.75, 3.05) is 19.6 Å². The van der Waals surface area contributed by atoms with Gasteiger partial charge in [-0.3, -0.25) is 14.6 Å². The van der Waals surface area contributed by atoms with Crippen LogP contribution in [0.5, 0.6) is 0 Å². The number of hydrogen-bond donors (Lipinski definition) is 2. The summed E-state index contributed by atoms with van der Waals surface area (Å²) in [6.45, 7) is 9.41. The molecule has 0 radical (unpaired) electrons. The zero-order valence-electron chi connectivity index (χ0n) is 26.8. The average Bonchev–Trinajstić information content (AvgIpc) is 3.46. The molecule has 2 heterocycles. The number of rotatable bonds is 7. The second kappa shape index (κ2) is 13.5. The Morgan fingerprint density at radius 2 is 1.87 bits per heavy atom. The first-order chi connectivity index (χ1) is 21.2. The molecule has 5 rings (SSSR count). The van der Waals surface area contributed by atoms with Gasteiger partial charge in [-0.05, 0) is 98.6 Å². The van der Waals surface area contributed by atoms with Crippen molar-refractivity contribution in [3.63, 3.8) is 0 Å². The minimum Gasteiger partial charge on any atom is -0.374 e. The highest BCUT2D eigenvalue weighted by Gasteiger charge is 2.46. The molecule has 2 aliphatic heterocycles. The van der Waals surface area contributed by atoms with Gasteiger partial charge in [0.05, 0.1) is 5.92 Å². The van der Waals surface area contributed by atoms with E-state index in [-0.39, 0.29) is 29.2 Å². The van der Waals surface area contributed by atoms with Gasteiger partial charge < -0.3 is 10.4 Å². The second-order valence-corrected chi connectivity index (χ2v) is 14.1. The predicted molar refractivity (Wildman–Crippen MR) is 168 cm³/mol. The van der Waals surface area contributed by atoms with E-state index in [1.54, 1.807) is 24.0 Å². The van der Waals surface area contributed by atoms with Crippen LogP contribution in [0.1, 0.15) is 83.1 Å². The number of aryl methyl sites for hydroxylation is 1. The van der Waals surface area contributed by atoms with E-state index in [0.717, 1.165) is 24.1 Å². The molecule has 2 aliphatic carbocycles. The number of halogens is 4. The first kappa shape index (κ1) is 33.6. The molecule has 0 aromatic heterocycles. The fourth-order valence-electron chi connectivity index (χ4n) is 7.46. The summed E-state index contributed by atoms with van der Waals surface area (Å²) in [5.41, 5.74) is 3.65. The molecule has 4 aliphatic rings. The minimum absolute atomic E-state index is 0.0499. The van der Waals surface area contributed by atoms with E-state index >= 15 is 4.39 Å². The number of allylic oxidation sites excluding steroid dienone is 5. The van der Waals surface area contributed by atoms with Crippen molar-refractivity contribution in [3.8, 4) is 0 Å². The molecular weight excluding hydrogens is 582 g/mol. The van der Waals surface area contributed by atoms with Gasteiger partial charge in [0.15, 0.2) is 0 Å². The number of aliphatic hydroxyl groups excluding tert-OH is 1. The van der Waals surface area contributed by atoms with Crippen LogP contribution in [0.3, 0.4) is 0 Å². The molecular formula is C36H47F4N3O2. The Bertz CT molecular complexity index is 1350. The fraction of sp³-hybridized carbons (Fsp3) is 0.583. The predicted octanol–water partition coefficient (Wildman–Crippen LogP) is 7.50. The number of carbonyl (C=O) groups is 1. The van der Waals surface area contributed by atoms with Crippen LogP contribution < -0.4 is 5.32 Å². The van der Waals surface area contributed by atoms with Crippen LogP contribution in [0.4, 0.5) is 17.6 Å². The summed E-state index contributed by atoms with van der Waals surface area (Å²) in [5, 5.41) is 14.9. The maximum absolute atomic E-state index is 15.1. The van der Waals surface area contributed by atoms with Crippen molar-refractivity contribution in [2.24, 2.45) is 17.3 Å². The molecule has 0 saturated carbocycles. The van der Waals surface area contributed by atoms with Crippen LogP contribution in [-0.2, 0) is 4.79 Å². The third-order valence-corrected chi connectivity index (χ3v) is 9.88. The Hall–Kier alpha value is -2.75. The zero-order valence-corrected chi connectivity index (χ0v) is 26.8. The lowest BCUT2D eigenvalue weighted by molar-refractivity contribution is -0.176. The van der Waals surface area contributed by atoms with Crippen LogP contribution in [0.25, 0.3) is 0 Å². The van der Waals surface area contributed by atoms with Crippen molar-refractivity contribution >= 4 is 5.91 Å². The van der Waals surface area contributed by atoms with Gasteiger partial charge in [-0.25, -0.2) is 4.39 Å². The zero-order chi connectivity index (χ0) is 32.5. The number of hydrogen-bond acceptors (Lipinski definition) is 4. The molecule has 0 bridgehead atoms. The van der Waals surface area contributed by atoms with Crippen LogP contribution >= 0.6 is 0 Å². The fourth-order valence-corrected chi connectivity index (χ4v) is 7.46. The summed E-state index contributed by atoms with van der Waals surface area (Å²) in [7, 11) is 0. The lowest BCUT2D eigenvalue weighted by Gasteiger charge is -2.44. The van der Waals surface area contributed by atoms with Crippen molar-refractivity contribution in [1.29, 1.82) is 0 Å². The first-order valence-electron chi connectivity index (χ1n) is 16.3. The van der Waals surface area contributed by atoms with Crippen LogP contribution in [0, 0.1) is 30.0 Å². The SMILES string of the molecule is Cc1cccc(F)c1C(O)N1CCCC(C(=O)NC2=CC(C(C)(C)C)=CCC2)C1C1=CCC(CN2CCC[C@H]2C(F)(F)F)C=C1. The number of benzene rings is 1. The average molecular weight is 630 g/mol. The van der Waals surface area contributed by atoms with Crippen molar-refractivity contribution in [2.45, 2.75) is 97.1 Å². The number of nitrogens with one attached hydrogen (secondary N) is 1. The van der Waals surface area contributed by atoms with E-state index in [2.05, 4.69) is 38.2 Å². The van der Waals surface area contributed by atoms with Gasteiger partial charge in [0.25, 0.3) is 0 Å². The Morgan fingerprint density at radius 1 is 1.11 bits per heavy atom. The lowest BCUT2D eigenvalue weighted by atomic mass is 9.80. The summed E-state index contributed by atoms with van der Waals surface area (Å²) in [4.78, 5) is 17.4. The molecule has 45 heavy (non-hydrogen) atoms. The van der Waals surface area contributed by atoms with Crippen molar-refractivity contribution in [1.82, 2.24) is 15.1 Å². The van der Waals surface area contributed by atoms with Gasteiger partial charge >= 0.3 is 6.18 Å². The highest BCUT2D eigenvalue weighted by atomic mass is 19.4. The molecule has 2 saturated heterocycles. The molecule has 0 spiro atoms. The molecule has 4 unspecified atom stereocenters. The summed E-state index contributed by atoms with van der Waals surface area (Å²) in [6.07, 6.45) is 8.65. The quantitative estimate of drug-likeness (QED) is 0.307. The van der Waals surface area contributed by atoms with E-state index in [0.29, 0.717) is 50.9 Å². The minimum atomic E-state index is -4.24. The maximum atomic E-state index is 15.1. The van der Waals surface area contributed by atoms with E-state index in [9.17, 15) is 23.1 Å². The molecule has 2 N–H and O–H groups in total. The second-order valence-electron chi connectivity index (χ2n) is 14.1. The maximum Gasteiger partial charge on any atom is 0.404 e. The van der Waals surface area contributed by atoms with Gasteiger partial charge in [0, 0.05) is 30.4 Å². The molecule has 1 amide bonds. The third kappa shape index (κ3) is 7.63. The highest BCUT2D eigenvalue weighted by Crippen LogP contribution is 2.40. The van der Waals surface area contributed by atoms with E-state index in [4.69, 9.17) is 0 Å². The number of piperidine rings is 1. The number of alkyl halides is 3. The first-order valence-corrected chi connectivity index (χ1v) is 16.3. The Labute approximate surface area is 264 Å². The largest absolute Gasteiger partial charge is 0.404 e. The summed E-state index contributed by atoms with van der Waals surface area (Å²) in [5.74, 6) is -1.23. The standard InChI is InChI=1S/C36H47F4N3O2/c1-23-9-5-13-29(37)31(23)34(45)43-20-7-12-28(33(44)41-27-11-6-10-26(21-27)35(2,3)4)32(43)25-17-15-24(16-18-25)22-42-19-8-14-30(42)36(38,39)40/h5,9-10,13,15,17-18,21,24,28,30,32,34,45H,6-8,11-12,14,16,19-20,22H2,1-4H3,(H,41,44)/t24?,28?,30-,32?,34?/m0/s1. The summed E-state index contributed by atoms with van der Waals surface area (Å²) in [6, 6.07) is 2.78. The van der Waals surface area contributed by atoms with E-state index < -0.39 is 36.2 Å². The molecule has 9 heteroatoms. The molecule has 5 nitrogen and oxygen atoms in total. The van der Waals surface area contributed by atoms with E-state index in [1.807, 2.05) is 23.1 Å². The van der Waals surface area contributed by atoms with Gasteiger partial charge in [0.1, 0.15) is 18.1 Å². The summed E-state index contributed by atoms with van der Waals surface area (Å²) < 4.78 is 55.8. The number of aliphatic hydroxyl groups is 1. The van der Waals surface area contributed by atoms with Crippen molar-refractivity contribution < 1.29 is 27.5 Å². The number of carbonyl (C=O) groups excluding carboxylic acids is 1. The molecule has 5 atom stereocenters. The number of amides is 1. The third-order valence-electron chi connectivity index (χ3n) is 9.88. The molecule has 246 valence electrons. The number of likely N-dealkylation sites (tertiary alicyclic amines) is 2. The monoisotopic (exact) mass is 629 g/mol. The van der Waals surface area contributed by atoms with Crippen LogP contribution in [-0.4, -0.2) is 58.7 Å². The highest BCUT2D eigenvalue weighted by molar-refractivity contribution is 5.82. The summed E-state index contributed by atoms with van der Waals surface area (Å²) >= 11 is 0. The van der Waals surface area contributed by atoms with E-state index in [1.165, 1.54) is 11.6 Å². The Balaban J connectivity index is 1.40. The van der Waals surface area contributed by atoms with Gasteiger partial charge in [0.2, 0.25) is 5.91 Å². The Kier molecular flexibility index (Phi) is 10.1. The van der Waals surface area contributed by atoms with Crippen LogP contribution in [0.2, 0.25) is 0 Å². The van der Waals surface area contributed by atoms with Crippen LogP contribution in [0.15, 0.2) is 65.4 Å². The molecule has 1 aromatic carbocycles. The van der Waals surface area contributed by atoms with Gasteiger partial charge in [-0.2, -0.15) is 13.2 Å². The molecule has 1 aromatic rings. The normalized spacial score (nSPS) is 27.5. The lowest BCUT2D eigenvalue weighted by Crippen LogP contribution is -2.53. The van der Waals surface area contributed by atoms with Gasteiger partial charge in [-0.1, -0.05) is 57.2 Å². The van der Waals surface area contributed by atoms with Crippen molar-refractivity contribution in [3.05, 3.63) is 82.4 Å². The van der Waals surface area contributed by atoms with Gasteiger partial charge in [-0.15, -0.1) is 0 Å².